The van der Waals surface area contributed by atoms with Gasteiger partial charge in [0.15, 0.2) is 0 Å². The first kappa shape index (κ1) is 14.7. The fraction of sp³-hybridized carbons (Fsp3) is 0.385. The van der Waals surface area contributed by atoms with E-state index in [4.69, 9.17) is 0 Å². The van der Waals surface area contributed by atoms with Gasteiger partial charge in [-0.1, -0.05) is 11.6 Å². The van der Waals surface area contributed by atoms with Crippen LogP contribution in [0.15, 0.2) is 22.7 Å². The van der Waals surface area contributed by atoms with E-state index in [2.05, 4.69) is 26.6 Å². The molecule has 0 saturated carbocycles. The van der Waals surface area contributed by atoms with Crippen LogP contribution in [-0.2, 0) is 4.79 Å². The van der Waals surface area contributed by atoms with Crippen molar-refractivity contribution in [2.45, 2.75) is 20.3 Å². The van der Waals surface area contributed by atoms with Gasteiger partial charge < -0.3 is 10.6 Å². The second-order valence-electron chi connectivity index (χ2n) is 3.94. The fourth-order valence-corrected chi connectivity index (χ4v) is 1.91. The third kappa shape index (κ3) is 4.49. The molecule has 1 aromatic rings. The SMILES string of the molecule is CCNC(=O)CCNC(=O)c1cc(C)ccc1Br. The molecule has 0 atom stereocenters. The summed E-state index contributed by atoms with van der Waals surface area (Å²) in [5, 5.41) is 5.41. The Labute approximate surface area is 115 Å². The van der Waals surface area contributed by atoms with Crippen molar-refractivity contribution in [3.05, 3.63) is 33.8 Å². The molecule has 98 valence electrons. The summed E-state index contributed by atoms with van der Waals surface area (Å²) in [6.07, 6.45) is 0.295. The average molecular weight is 313 g/mol. The summed E-state index contributed by atoms with van der Waals surface area (Å²) in [6.45, 7) is 4.74. The molecule has 2 N–H and O–H groups in total. The predicted molar refractivity (Wildman–Crippen MR) is 74.5 cm³/mol. The van der Waals surface area contributed by atoms with Crippen LogP contribution in [0.3, 0.4) is 0 Å². The Kier molecular flexibility index (Phi) is 5.85. The van der Waals surface area contributed by atoms with Crippen LogP contribution in [0, 0.1) is 6.92 Å². The zero-order chi connectivity index (χ0) is 13.5. The van der Waals surface area contributed by atoms with Gasteiger partial charge in [-0.2, -0.15) is 0 Å². The number of carbonyl (C=O) groups excluding carboxylic acids is 2. The maximum atomic E-state index is 11.9. The van der Waals surface area contributed by atoms with Crippen LogP contribution in [0.1, 0.15) is 29.3 Å². The molecule has 0 aliphatic heterocycles. The second-order valence-corrected chi connectivity index (χ2v) is 4.80. The highest BCUT2D eigenvalue weighted by Gasteiger charge is 2.10. The van der Waals surface area contributed by atoms with Crippen molar-refractivity contribution in [2.24, 2.45) is 0 Å². The van der Waals surface area contributed by atoms with Crippen LogP contribution in [0.4, 0.5) is 0 Å². The lowest BCUT2D eigenvalue weighted by Gasteiger charge is -2.07. The lowest BCUT2D eigenvalue weighted by atomic mass is 10.1. The van der Waals surface area contributed by atoms with Crippen molar-refractivity contribution >= 4 is 27.7 Å². The molecule has 0 spiro atoms. The molecular weight excluding hydrogens is 296 g/mol. The van der Waals surface area contributed by atoms with E-state index < -0.39 is 0 Å². The Morgan fingerprint density at radius 3 is 2.67 bits per heavy atom. The summed E-state index contributed by atoms with van der Waals surface area (Å²) in [5.74, 6) is -0.226. The molecule has 1 aromatic carbocycles. The minimum Gasteiger partial charge on any atom is -0.356 e. The molecule has 0 aliphatic rings. The van der Waals surface area contributed by atoms with Gasteiger partial charge in [-0.25, -0.2) is 0 Å². The molecule has 0 heterocycles. The highest BCUT2D eigenvalue weighted by molar-refractivity contribution is 9.10. The monoisotopic (exact) mass is 312 g/mol. The quantitative estimate of drug-likeness (QED) is 0.874. The maximum absolute atomic E-state index is 11.9. The van der Waals surface area contributed by atoms with Crippen molar-refractivity contribution in [2.75, 3.05) is 13.1 Å². The van der Waals surface area contributed by atoms with Crippen LogP contribution in [0.2, 0.25) is 0 Å². The van der Waals surface area contributed by atoms with E-state index in [0.29, 0.717) is 25.1 Å². The smallest absolute Gasteiger partial charge is 0.252 e. The molecule has 0 bridgehead atoms. The van der Waals surface area contributed by atoms with Gasteiger partial charge in [0, 0.05) is 24.0 Å². The first-order valence-corrected chi connectivity index (χ1v) is 6.65. The zero-order valence-corrected chi connectivity index (χ0v) is 12.1. The fourth-order valence-electron chi connectivity index (χ4n) is 1.48. The summed E-state index contributed by atoms with van der Waals surface area (Å²) in [7, 11) is 0. The van der Waals surface area contributed by atoms with E-state index in [0.717, 1.165) is 10.0 Å². The lowest BCUT2D eigenvalue weighted by molar-refractivity contribution is -0.120. The van der Waals surface area contributed by atoms with Crippen LogP contribution in [0.5, 0.6) is 0 Å². The maximum Gasteiger partial charge on any atom is 0.252 e. The Hall–Kier alpha value is -1.36. The number of benzene rings is 1. The van der Waals surface area contributed by atoms with Gasteiger partial charge in [-0.15, -0.1) is 0 Å². The van der Waals surface area contributed by atoms with E-state index in [-0.39, 0.29) is 11.8 Å². The van der Waals surface area contributed by atoms with Crippen LogP contribution in [0.25, 0.3) is 0 Å². The van der Waals surface area contributed by atoms with E-state index in [1.807, 2.05) is 32.0 Å². The zero-order valence-electron chi connectivity index (χ0n) is 10.5. The molecule has 1 rings (SSSR count). The number of nitrogens with one attached hydrogen (secondary N) is 2. The Bertz CT molecular complexity index is 447. The minimum absolute atomic E-state index is 0.0545. The van der Waals surface area contributed by atoms with Crippen molar-refractivity contribution < 1.29 is 9.59 Å². The molecule has 0 unspecified atom stereocenters. The van der Waals surface area contributed by atoms with Gasteiger partial charge in [0.05, 0.1) is 5.56 Å². The van der Waals surface area contributed by atoms with Crippen LogP contribution >= 0.6 is 15.9 Å². The normalized spacial score (nSPS) is 9.94. The molecular formula is C13H17BrN2O2. The number of aryl methyl sites for hydroxylation is 1. The largest absolute Gasteiger partial charge is 0.356 e. The van der Waals surface area contributed by atoms with Gasteiger partial charge in [0.1, 0.15) is 0 Å². The Morgan fingerprint density at radius 1 is 1.28 bits per heavy atom. The van der Waals surface area contributed by atoms with Crippen LogP contribution in [-0.4, -0.2) is 24.9 Å². The van der Waals surface area contributed by atoms with Gasteiger partial charge in [0.25, 0.3) is 5.91 Å². The molecule has 4 nitrogen and oxygen atoms in total. The van der Waals surface area contributed by atoms with E-state index in [1.54, 1.807) is 0 Å². The van der Waals surface area contributed by atoms with Gasteiger partial charge >= 0.3 is 0 Å². The number of hydrogen-bond acceptors (Lipinski definition) is 2. The first-order chi connectivity index (χ1) is 8.54. The molecule has 0 aromatic heterocycles. The van der Waals surface area contributed by atoms with Crippen LogP contribution < -0.4 is 10.6 Å². The molecule has 2 amide bonds. The van der Waals surface area contributed by atoms with Crippen molar-refractivity contribution in [3.63, 3.8) is 0 Å². The highest BCUT2D eigenvalue weighted by Crippen LogP contribution is 2.17. The summed E-state index contributed by atoms with van der Waals surface area (Å²) in [4.78, 5) is 23.1. The first-order valence-electron chi connectivity index (χ1n) is 5.85. The van der Waals surface area contributed by atoms with Gasteiger partial charge in [-0.05, 0) is 41.9 Å². The number of hydrogen-bond donors (Lipinski definition) is 2. The summed E-state index contributed by atoms with van der Waals surface area (Å²) in [6, 6.07) is 5.58. The Balaban J connectivity index is 2.50. The predicted octanol–water partition coefficient (Wildman–Crippen LogP) is 2.01. The number of rotatable bonds is 5. The molecule has 18 heavy (non-hydrogen) atoms. The summed E-state index contributed by atoms with van der Waals surface area (Å²) in [5.41, 5.74) is 1.61. The van der Waals surface area contributed by atoms with Crippen molar-refractivity contribution in [3.8, 4) is 0 Å². The standard InChI is InChI=1S/C13H17BrN2O2/c1-3-15-12(17)6-7-16-13(18)10-8-9(2)4-5-11(10)14/h4-5,8H,3,6-7H2,1-2H3,(H,15,17)(H,16,18). The third-order valence-corrected chi connectivity index (χ3v) is 3.07. The molecule has 0 fully saturated rings. The topological polar surface area (TPSA) is 58.2 Å². The van der Waals surface area contributed by atoms with Crippen molar-refractivity contribution in [1.82, 2.24) is 10.6 Å². The second kappa shape index (κ2) is 7.16. The summed E-state index contributed by atoms with van der Waals surface area (Å²) < 4.78 is 0.753. The molecule has 0 saturated heterocycles. The summed E-state index contributed by atoms with van der Waals surface area (Å²) >= 11 is 3.34. The Morgan fingerprint density at radius 2 is 2.00 bits per heavy atom. The van der Waals surface area contributed by atoms with E-state index >= 15 is 0 Å². The number of carbonyl (C=O) groups is 2. The molecule has 0 aliphatic carbocycles. The number of halogens is 1. The van der Waals surface area contributed by atoms with Gasteiger partial charge in [-0.3, -0.25) is 9.59 Å². The van der Waals surface area contributed by atoms with Gasteiger partial charge in [0.2, 0.25) is 5.91 Å². The lowest BCUT2D eigenvalue weighted by Crippen LogP contribution is -2.30. The van der Waals surface area contributed by atoms with E-state index in [9.17, 15) is 9.59 Å². The molecule has 5 heteroatoms. The number of amides is 2. The average Bonchev–Trinajstić information content (AvgIpc) is 2.32. The van der Waals surface area contributed by atoms with Crippen molar-refractivity contribution in [1.29, 1.82) is 0 Å². The van der Waals surface area contributed by atoms with E-state index in [1.165, 1.54) is 0 Å². The highest BCUT2D eigenvalue weighted by atomic mass is 79.9. The molecule has 0 radical (unpaired) electrons. The third-order valence-electron chi connectivity index (χ3n) is 2.38. The minimum atomic E-state index is -0.171.